The van der Waals surface area contributed by atoms with E-state index in [4.69, 9.17) is 18.9 Å². The second kappa shape index (κ2) is 7.17. The second-order valence-corrected chi connectivity index (χ2v) is 3.43. The Kier molecular flexibility index (Phi) is 6.17. The van der Waals surface area contributed by atoms with E-state index in [2.05, 4.69) is 0 Å². The van der Waals surface area contributed by atoms with Gasteiger partial charge in [-0.2, -0.15) is 0 Å². The summed E-state index contributed by atoms with van der Waals surface area (Å²) in [5.74, 6) is 0.199. The van der Waals surface area contributed by atoms with Gasteiger partial charge in [0.05, 0.1) is 12.5 Å². The van der Waals surface area contributed by atoms with Crippen LogP contribution in [0.25, 0.3) is 0 Å². The van der Waals surface area contributed by atoms with E-state index in [1.165, 1.54) is 0 Å². The van der Waals surface area contributed by atoms with Crippen LogP contribution in [0, 0.1) is 5.92 Å². The summed E-state index contributed by atoms with van der Waals surface area (Å²) in [5, 5.41) is 0. The predicted molar refractivity (Wildman–Crippen MR) is 56.5 cm³/mol. The molecule has 0 aromatic heterocycles. The Morgan fingerprint density at radius 1 is 1.13 bits per heavy atom. The van der Waals surface area contributed by atoms with Crippen LogP contribution in [-0.4, -0.2) is 39.0 Å². The number of rotatable bonds is 7. The molecule has 0 unspecified atom stereocenters. The van der Waals surface area contributed by atoms with E-state index in [0.717, 1.165) is 13.0 Å². The van der Waals surface area contributed by atoms with Crippen molar-refractivity contribution in [3.05, 3.63) is 0 Å². The average Bonchev–Trinajstić information content (AvgIpc) is 2.66. The Balaban J connectivity index is 2.48. The molecule has 1 aliphatic heterocycles. The molecular weight excluding hydrogens is 196 g/mol. The second-order valence-electron chi connectivity index (χ2n) is 3.43. The summed E-state index contributed by atoms with van der Waals surface area (Å²) in [6.07, 6.45) is 0.576. The fourth-order valence-corrected chi connectivity index (χ4v) is 1.80. The molecule has 15 heavy (non-hydrogen) atoms. The summed E-state index contributed by atoms with van der Waals surface area (Å²) in [7, 11) is 0. The Morgan fingerprint density at radius 3 is 2.33 bits per heavy atom. The van der Waals surface area contributed by atoms with Crippen LogP contribution in [0.5, 0.6) is 0 Å². The van der Waals surface area contributed by atoms with Gasteiger partial charge in [0.1, 0.15) is 0 Å². The SMILES string of the molecule is CCOC(OCC)[C@H]1CCO[C@H]1OCC. The zero-order chi connectivity index (χ0) is 11.1. The van der Waals surface area contributed by atoms with E-state index in [0.29, 0.717) is 19.8 Å². The van der Waals surface area contributed by atoms with Gasteiger partial charge in [0.25, 0.3) is 0 Å². The highest BCUT2D eigenvalue weighted by atomic mass is 16.7. The molecule has 0 spiro atoms. The van der Waals surface area contributed by atoms with Crippen molar-refractivity contribution < 1.29 is 18.9 Å². The first-order valence-corrected chi connectivity index (χ1v) is 5.79. The van der Waals surface area contributed by atoms with E-state index in [1.807, 2.05) is 20.8 Å². The Bertz CT molecular complexity index is 157. The highest BCUT2D eigenvalue weighted by molar-refractivity contribution is 4.73. The van der Waals surface area contributed by atoms with Crippen LogP contribution in [0.1, 0.15) is 27.2 Å². The van der Waals surface area contributed by atoms with Crippen molar-refractivity contribution in [2.24, 2.45) is 5.92 Å². The minimum atomic E-state index is -0.195. The lowest BCUT2D eigenvalue weighted by atomic mass is 10.1. The molecule has 1 saturated heterocycles. The molecule has 4 heteroatoms. The van der Waals surface area contributed by atoms with Crippen molar-refractivity contribution in [2.75, 3.05) is 26.4 Å². The summed E-state index contributed by atoms with van der Waals surface area (Å²) >= 11 is 0. The third kappa shape index (κ3) is 3.72. The summed E-state index contributed by atoms with van der Waals surface area (Å²) < 4.78 is 22.1. The highest BCUT2D eigenvalue weighted by Crippen LogP contribution is 2.27. The van der Waals surface area contributed by atoms with Crippen LogP contribution in [0.2, 0.25) is 0 Å². The first-order valence-electron chi connectivity index (χ1n) is 5.79. The van der Waals surface area contributed by atoms with Gasteiger partial charge in [0, 0.05) is 19.8 Å². The smallest absolute Gasteiger partial charge is 0.165 e. The zero-order valence-electron chi connectivity index (χ0n) is 9.90. The van der Waals surface area contributed by atoms with E-state index >= 15 is 0 Å². The monoisotopic (exact) mass is 218 g/mol. The normalized spacial score (nSPS) is 26.4. The summed E-state index contributed by atoms with van der Waals surface area (Å²) in [6, 6.07) is 0. The van der Waals surface area contributed by atoms with Crippen molar-refractivity contribution in [2.45, 2.75) is 39.8 Å². The van der Waals surface area contributed by atoms with Crippen molar-refractivity contribution in [1.82, 2.24) is 0 Å². The molecule has 0 bridgehead atoms. The van der Waals surface area contributed by atoms with E-state index in [9.17, 15) is 0 Å². The molecule has 1 heterocycles. The molecule has 4 nitrogen and oxygen atoms in total. The van der Waals surface area contributed by atoms with Gasteiger partial charge < -0.3 is 18.9 Å². The van der Waals surface area contributed by atoms with Crippen LogP contribution in [0.3, 0.4) is 0 Å². The molecule has 90 valence electrons. The first-order chi connectivity index (χ1) is 7.33. The molecule has 1 rings (SSSR count). The van der Waals surface area contributed by atoms with Crippen molar-refractivity contribution in [3.63, 3.8) is 0 Å². The molecule has 0 aliphatic carbocycles. The minimum absolute atomic E-state index is 0.168. The van der Waals surface area contributed by atoms with Crippen molar-refractivity contribution in [3.8, 4) is 0 Å². The largest absolute Gasteiger partial charge is 0.352 e. The molecule has 0 aromatic carbocycles. The zero-order valence-corrected chi connectivity index (χ0v) is 9.90. The van der Waals surface area contributed by atoms with Crippen LogP contribution in [-0.2, 0) is 18.9 Å². The first kappa shape index (κ1) is 12.9. The van der Waals surface area contributed by atoms with Crippen LogP contribution in [0.15, 0.2) is 0 Å². The van der Waals surface area contributed by atoms with E-state index in [-0.39, 0.29) is 18.5 Å². The van der Waals surface area contributed by atoms with E-state index < -0.39 is 0 Å². The molecule has 0 saturated carbocycles. The summed E-state index contributed by atoms with van der Waals surface area (Å²) in [5.41, 5.74) is 0. The Hall–Kier alpha value is -0.160. The molecule has 1 fully saturated rings. The average molecular weight is 218 g/mol. The lowest BCUT2D eigenvalue weighted by Crippen LogP contribution is -2.34. The summed E-state index contributed by atoms with van der Waals surface area (Å²) in [4.78, 5) is 0. The van der Waals surface area contributed by atoms with Gasteiger partial charge in [-0.05, 0) is 27.2 Å². The maximum atomic E-state index is 5.56. The molecule has 2 atom stereocenters. The van der Waals surface area contributed by atoms with Gasteiger partial charge >= 0.3 is 0 Å². The van der Waals surface area contributed by atoms with Gasteiger partial charge in [-0.25, -0.2) is 0 Å². The third-order valence-corrected chi connectivity index (χ3v) is 2.43. The van der Waals surface area contributed by atoms with Gasteiger partial charge in [-0.15, -0.1) is 0 Å². The Morgan fingerprint density at radius 2 is 1.80 bits per heavy atom. The maximum Gasteiger partial charge on any atom is 0.165 e. The van der Waals surface area contributed by atoms with Gasteiger partial charge in [-0.3, -0.25) is 0 Å². The molecule has 0 radical (unpaired) electrons. The third-order valence-electron chi connectivity index (χ3n) is 2.43. The lowest BCUT2D eigenvalue weighted by Gasteiger charge is -2.26. The number of hydrogen-bond acceptors (Lipinski definition) is 4. The number of ether oxygens (including phenoxy) is 4. The van der Waals surface area contributed by atoms with Gasteiger partial charge in [0.15, 0.2) is 12.6 Å². The van der Waals surface area contributed by atoms with Gasteiger partial charge in [0.2, 0.25) is 0 Å². The van der Waals surface area contributed by atoms with Crippen LogP contribution < -0.4 is 0 Å². The van der Waals surface area contributed by atoms with Crippen molar-refractivity contribution >= 4 is 0 Å². The summed E-state index contributed by atoms with van der Waals surface area (Å²) in [6.45, 7) is 8.60. The van der Waals surface area contributed by atoms with Crippen LogP contribution in [0.4, 0.5) is 0 Å². The van der Waals surface area contributed by atoms with E-state index in [1.54, 1.807) is 0 Å². The standard InChI is InChI=1S/C11H22O4/c1-4-12-10(13-5-2)9-7-8-15-11(9)14-6-3/h9-11H,4-8H2,1-3H3/t9-,11-/m1/s1. The minimum Gasteiger partial charge on any atom is -0.352 e. The highest BCUT2D eigenvalue weighted by Gasteiger charge is 2.36. The fraction of sp³-hybridized carbons (Fsp3) is 1.00. The molecule has 0 amide bonds. The maximum absolute atomic E-state index is 5.56. The van der Waals surface area contributed by atoms with Gasteiger partial charge in [-0.1, -0.05) is 0 Å². The lowest BCUT2D eigenvalue weighted by molar-refractivity contribution is -0.218. The molecule has 0 N–H and O–H groups in total. The fourth-order valence-electron chi connectivity index (χ4n) is 1.80. The molecular formula is C11H22O4. The predicted octanol–water partition coefficient (Wildman–Crippen LogP) is 1.78. The quantitative estimate of drug-likeness (QED) is 0.610. The van der Waals surface area contributed by atoms with Crippen LogP contribution >= 0.6 is 0 Å². The topological polar surface area (TPSA) is 36.9 Å². The molecule has 0 aromatic rings. The Labute approximate surface area is 91.8 Å². The van der Waals surface area contributed by atoms with Crippen molar-refractivity contribution in [1.29, 1.82) is 0 Å². The molecule has 1 aliphatic rings. The number of hydrogen-bond donors (Lipinski definition) is 0.